The number of anilines is 1. The molecule has 2 aromatic carbocycles. The molecule has 1 amide bonds. The number of methoxy groups -OCH3 is 1. The first-order valence-electron chi connectivity index (χ1n) is 7.47. The zero-order valence-corrected chi connectivity index (χ0v) is 14.3. The Labute approximate surface area is 146 Å². The third kappa shape index (κ3) is 4.81. The molecule has 6 heteroatoms. The molecule has 126 valence electrons. The van der Waals surface area contributed by atoms with Gasteiger partial charge in [-0.05, 0) is 30.7 Å². The first-order chi connectivity index (χ1) is 11.5. The first kappa shape index (κ1) is 18.0. The molecule has 0 bridgehead atoms. The van der Waals surface area contributed by atoms with Gasteiger partial charge in [-0.15, -0.1) is 0 Å². The normalized spacial score (nSPS) is 11.6. The second-order valence-electron chi connectivity index (χ2n) is 5.25. The highest BCUT2D eigenvalue weighted by Gasteiger charge is 2.12. The molecule has 24 heavy (non-hydrogen) atoms. The van der Waals surface area contributed by atoms with Gasteiger partial charge in [0.25, 0.3) is 0 Å². The maximum atomic E-state index is 12.1. The molecule has 0 aliphatic carbocycles. The van der Waals surface area contributed by atoms with Crippen LogP contribution in [0.5, 0.6) is 0 Å². The van der Waals surface area contributed by atoms with Crippen molar-refractivity contribution in [3.63, 3.8) is 0 Å². The van der Waals surface area contributed by atoms with Crippen LogP contribution in [-0.2, 0) is 9.53 Å². The zero-order chi connectivity index (χ0) is 17.5. The molecule has 0 fully saturated rings. The topological polar surface area (TPSA) is 67.4 Å². The van der Waals surface area contributed by atoms with E-state index in [2.05, 4.69) is 15.4 Å². The smallest absolute Gasteiger partial charge is 0.337 e. The minimum atomic E-state index is -0.488. The van der Waals surface area contributed by atoms with Crippen molar-refractivity contribution in [1.29, 1.82) is 0 Å². The van der Waals surface area contributed by atoms with E-state index < -0.39 is 5.97 Å². The lowest BCUT2D eigenvalue weighted by atomic mass is 10.1. The summed E-state index contributed by atoms with van der Waals surface area (Å²) in [5, 5.41) is 6.19. The van der Waals surface area contributed by atoms with Crippen LogP contribution in [0, 0.1) is 0 Å². The van der Waals surface area contributed by atoms with Crippen LogP contribution in [0.2, 0.25) is 5.02 Å². The van der Waals surface area contributed by atoms with Crippen LogP contribution in [-0.4, -0.2) is 25.5 Å². The number of rotatable bonds is 6. The average molecular weight is 347 g/mol. The summed E-state index contributed by atoms with van der Waals surface area (Å²) in [4.78, 5) is 23.6. The summed E-state index contributed by atoms with van der Waals surface area (Å²) in [6.45, 7) is 2.10. The monoisotopic (exact) mass is 346 g/mol. The molecule has 1 unspecified atom stereocenters. The Balaban J connectivity index is 1.96. The third-order valence-corrected chi connectivity index (χ3v) is 3.86. The minimum absolute atomic E-state index is 0.0359. The van der Waals surface area contributed by atoms with Crippen molar-refractivity contribution >= 4 is 29.2 Å². The van der Waals surface area contributed by atoms with E-state index in [9.17, 15) is 9.59 Å². The SMILES string of the molecule is COC(=O)c1ccc(Cl)c(NC(=O)CNC(C)c2ccccc2)c1. The predicted octanol–water partition coefficient (Wildman–Crippen LogP) is 3.42. The summed E-state index contributed by atoms with van der Waals surface area (Å²) < 4.78 is 4.66. The van der Waals surface area contributed by atoms with Gasteiger partial charge in [0.15, 0.2) is 0 Å². The Hall–Kier alpha value is -2.37. The van der Waals surface area contributed by atoms with Gasteiger partial charge in [-0.1, -0.05) is 41.9 Å². The minimum Gasteiger partial charge on any atom is -0.465 e. The molecule has 0 heterocycles. The molecule has 0 spiro atoms. The Morgan fingerprint density at radius 3 is 2.54 bits per heavy atom. The Morgan fingerprint density at radius 1 is 1.17 bits per heavy atom. The number of amides is 1. The number of hydrogen-bond donors (Lipinski definition) is 2. The number of halogens is 1. The molecule has 5 nitrogen and oxygen atoms in total. The molecule has 0 saturated carbocycles. The maximum Gasteiger partial charge on any atom is 0.337 e. The van der Waals surface area contributed by atoms with Crippen molar-refractivity contribution in [2.45, 2.75) is 13.0 Å². The van der Waals surface area contributed by atoms with Gasteiger partial charge >= 0.3 is 5.97 Å². The molecular weight excluding hydrogens is 328 g/mol. The van der Waals surface area contributed by atoms with Crippen LogP contribution < -0.4 is 10.6 Å². The fourth-order valence-electron chi connectivity index (χ4n) is 2.17. The summed E-state index contributed by atoms with van der Waals surface area (Å²) in [6, 6.07) is 14.4. The molecule has 0 radical (unpaired) electrons. The summed E-state index contributed by atoms with van der Waals surface area (Å²) in [7, 11) is 1.30. The summed E-state index contributed by atoms with van der Waals surface area (Å²) in [6.07, 6.45) is 0. The molecular formula is C18H19ClN2O3. The standard InChI is InChI=1S/C18H19ClN2O3/c1-12(13-6-4-3-5-7-13)20-11-17(22)21-16-10-14(18(23)24-2)8-9-15(16)19/h3-10,12,20H,11H2,1-2H3,(H,21,22). The fourth-order valence-corrected chi connectivity index (χ4v) is 2.33. The zero-order valence-electron chi connectivity index (χ0n) is 13.5. The second-order valence-corrected chi connectivity index (χ2v) is 5.65. The van der Waals surface area contributed by atoms with Crippen LogP contribution in [0.3, 0.4) is 0 Å². The number of benzene rings is 2. The molecule has 0 aliphatic heterocycles. The van der Waals surface area contributed by atoms with Crippen LogP contribution >= 0.6 is 11.6 Å². The molecule has 0 aromatic heterocycles. The summed E-state index contributed by atoms with van der Waals surface area (Å²) in [5.41, 5.74) is 1.79. The molecule has 0 aliphatic rings. The highest BCUT2D eigenvalue weighted by molar-refractivity contribution is 6.33. The molecule has 0 saturated heterocycles. The number of esters is 1. The molecule has 1 atom stereocenters. The predicted molar refractivity (Wildman–Crippen MR) is 94.3 cm³/mol. The van der Waals surface area contributed by atoms with Crippen LogP contribution in [0.1, 0.15) is 28.9 Å². The van der Waals surface area contributed by atoms with Gasteiger partial charge in [0.1, 0.15) is 0 Å². The Bertz CT molecular complexity index is 719. The lowest BCUT2D eigenvalue weighted by Gasteiger charge is -2.14. The van der Waals surface area contributed by atoms with E-state index in [0.717, 1.165) is 5.56 Å². The van der Waals surface area contributed by atoms with Crippen LogP contribution in [0.4, 0.5) is 5.69 Å². The van der Waals surface area contributed by atoms with Crippen molar-refractivity contribution < 1.29 is 14.3 Å². The third-order valence-electron chi connectivity index (χ3n) is 3.53. The van der Waals surface area contributed by atoms with Crippen molar-refractivity contribution in [3.8, 4) is 0 Å². The van der Waals surface area contributed by atoms with Crippen LogP contribution in [0.25, 0.3) is 0 Å². The second kappa shape index (κ2) is 8.47. The van der Waals surface area contributed by atoms with Gasteiger partial charge in [-0.2, -0.15) is 0 Å². The van der Waals surface area contributed by atoms with E-state index >= 15 is 0 Å². The molecule has 2 N–H and O–H groups in total. The Kier molecular flexibility index (Phi) is 6.35. The average Bonchev–Trinajstić information content (AvgIpc) is 2.61. The largest absolute Gasteiger partial charge is 0.465 e. The number of carbonyl (C=O) groups is 2. The molecule has 2 rings (SSSR count). The van der Waals surface area contributed by atoms with Crippen molar-refractivity contribution in [2.75, 3.05) is 19.0 Å². The quantitative estimate of drug-likeness (QED) is 0.786. The van der Waals surface area contributed by atoms with Gasteiger partial charge in [-0.3, -0.25) is 4.79 Å². The van der Waals surface area contributed by atoms with Gasteiger partial charge in [0.2, 0.25) is 5.91 Å². The van der Waals surface area contributed by atoms with Gasteiger partial charge in [-0.25, -0.2) is 4.79 Å². The van der Waals surface area contributed by atoms with E-state index in [1.54, 1.807) is 12.1 Å². The summed E-state index contributed by atoms with van der Waals surface area (Å²) >= 11 is 6.06. The van der Waals surface area contributed by atoms with Crippen molar-refractivity contribution in [1.82, 2.24) is 5.32 Å². The highest BCUT2D eigenvalue weighted by Crippen LogP contribution is 2.23. The highest BCUT2D eigenvalue weighted by atomic mass is 35.5. The fraction of sp³-hybridized carbons (Fsp3) is 0.222. The van der Waals surface area contributed by atoms with E-state index in [-0.39, 0.29) is 18.5 Å². The van der Waals surface area contributed by atoms with E-state index in [0.29, 0.717) is 16.3 Å². The van der Waals surface area contributed by atoms with Crippen LogP contribution in [0.15, 0.2) is 48.5 Å². The number of ether oxygens (including phenoxy) is 1. The van der Waals surface area contributed by atoms with E-state index in [4.69, 9.17) is 11.6 Å². The van der Waals surface area contributed by atoms with Gasteiger partial charge in [0, 0.05) is 6.04 Å². The van der Waals surface area contributed by atoms with Crippen molar-refractivity contribution in [2.24, 2.45) is 0 Å². The maximum absolute atomic E-state index is 12.1. The lowest BCUT2D eigenvalue weighted by molar-refractivity contribution is -0.115. The van der Waals surface area contributed by atoms with E-state index in [1.165, 1.54) is 13.2 Å². The number of carbonyl (C=O) groups excluding carboxylic acids is 2. The Morgan fingerprint density at radius 2 is 1.88 bits per heavy atom. The number of hydrogen-bond acceptors (Lipinski definition) is 4. The van der Waals surface area contributed by atoms with Crippen molar-refractivity contribution in [3.05, 3.63) is 64.7 Å². The molecule has 2 aromatic rings. The summed E-state index contributed by atoms with van der Waals surface area (Å²) in [5.74, 6) is -0.736. The van der Waals surface area contributed by atoms with E-state index in [1.807, 2.05) is 37.3 Å². The lowest BCUT2D eigenvalue weighted by Crippen LogP contribution is -2.30. The van der Waals surface area contributed by atoms with Gasteiger partial charge in [0.05, 0.1) is 29.9 Å². The number of nitrogens with one attached hydrogen (secondary N) is 2. The first-order valence-corrected chi connectivity index (χ1v) is 7.85. The van der Waals surface area contributed by atoms with Gasteiger partial charge < -0.3 is 15.4 Å².